The molecule has 0 saturated heterocycles. The Morgan fingerprint density at radius 1 is 1.11 bits per heavy atom. The fourth-order valence-electron chi connectivity index (χ4n) is 1.86. The van der Waals surface area contributed by atoms with Crippen LogP contribution in [0.1, 0.15) is 38.1 Å². The molecule has 1 aromatic rings. The lowest BCUT2D eigenvalue weighted by molar-refractivity contribution is 0.0454. The van der Waals surface area contributed by atoms with Gasteiger partial charge in [0.05, 0.1) is 11.7 Å². The predicted octanol–water partition coefficient (Wildman–Crippen LogP) is 3.33. The first-order valence-corrected chi connectivity index (χ1v) is 6.30. The lowest BCUT2D eigenvalue weighted by atomic mass is 9.97. The quantitative estimate of drug-likeness (QED) is 0.726. The summed E-state index contributed by atoms with van der Waals surface area (Å²) in [5, 5.41) is 0. The number of hydrogen-bond donors (Lipinski definition) is 0. The Morgan fingerprint density at radius 2 is 1.72 bits per heavy atom. The number of carbonyl (C=O) groups is 1. The van der Waals surface area contributed by atoms with Gasteiger partial charge in [0.2, 0.25) is 0 Å². The Balaban J connectivity index is 3.04. The predicted molar refractivity (Wildman–Crippen MR) is 72.2 cm³/mol. The van der Waals surface area contributed by atoms with Crippen LogP contribution in [0, 0.1) is 5.92 Å². The monoisotopic (exact) mass is 250 g/mol. The zero-order valence-corrected chi connectivity index (χ0v) is 11.8. The van der Waals surface area contributed by atoms with Crippen molar-refractivity contribution in [1.29, 1.82) is 0 Å². The summed E-state index contributed by atoms with van der Waals surface area (Å²) in [6.07, 6.45) is -0.388. The van der Waals surface area contributed by atoms with Gasteiger partial charge in [-0.1, -0.05) is 26.0 Å². The molecule has 0 saturated carbocycles. The van der Waals surface area contributed by atoms with Gasteiger partial charge in [0.1, 0.15) is 11.9 Å². The summed E-state index contributed by atoms with van der Waals surface area (Å²) in [6.45, 7) is 7.82. The average Bonchev–Trinajstić information content (AvgIpc) is 2.29. The number of ether oxygens (including phenoxy) is 2. The van der Waals surface area contributed by atoms with Crippen LogP contribution in [-0.4, -0.2) is 25.1 Å². The zero-order valence-electron chi connectivity index (χ0n) is 11.8. The van der Waals surface area contributed by atoms with Crippen LogP contribution in [0.4, 0.5) is 0 Å². The third-order valence-electron chi connectivity index (χ3n) is 2.63. The standard InChI is InChI=1S/C15H22O3/c1-10(2)15(17-5)14(16)12-8-6-7-9-13(12)18-11(3)4/h6-11,15H,1-5H3. The molecule has 0 amide bonds. The molecule has 1 aromatic carbocycles. The molecule has 1 unspecified atom stereocenters. The summed E-state index contributed by atoms with van der Waals surface area (Å²) >= 11 is 0. The van der Waals surface area contributed by atoms with Crippen molar-refractivity contribution in [3.8, 4) is 5.75 Å². The number of para-hydroxylation sites is 1. The van der Waals surface area contributed by atoms with Crippen molar-refractivity contribution in [3.63, 3.8) is 0 Å². The highest BCUT2D eigenvalue weighted by Crippen LogP contribution is 2.23. The van der Waals surface area contributed by atoms with Crippen molar-refractivity contribution >= 4 is 5.78 Å². The fraction of sp³-hybridized carbons (Fsp3) is 0.533. The molecule has 0 N–H and O–H groups in total. The Bertz CT molecular complexity index is 396. The van der Waals surface area contributed by atoms with Gasteiger partial charge >= 0.3 is 0 Å². The third-order valence-corrected chi connectivity index (χ3v) is 2.63. The van der Waals surface area contributed by atoms with Gasteiger partial charge in [-0.2, -0.15) is 0 Å². The lowest BCUT2D eigenvalue weighted by Crippen LogP contribution is -2.29. The van der Waals surface area contributed by atoms with Crippen LogP contribution in [0.25, 0.3) is 0 Å². The van der Waals surface area contributed by atoms with Crippen molar-refractivity contribution in [2.45, 2.75) is 39.9 Å². The second-order valence-electron chi connectivity index (χ2n) is 4.93. The summed E-state index contributed by atoms with van der Waals surface area (Å²) in [5.74, 6) is 0.735. The van der Waals surface area contributed by atoms with Gasteiger partial charge < -0.3 is 9.47 Å². The molecule has 0 bridgehead atoms. The third kappa shape index (κ3) is 3.57. The molecule has 100 valence electrons. The molecule has 3 heteroatoms. The van der Waals surface area contributed by atoms with Gasteiger partial charge in [0, 0.05) is 7.11 Å². The van der Waals surface area contributed by atoms with E-state index in [1.807, 2.05) is 45.9 Å². The van der Waals surface area contributed by atoms with Crippen molar-refractivity contribution in [2.75, 3.05) is 7.11 Å². The maximum atomic E-state index is 12.4. The average molecular weight is 250 g/mol. The minimum absolute atomic E-state index is 0.0243. The lowest BCUT2D eigenvalue weighted by Gasteiger charge is -2.20. The molecule has 1 atom stereocenters. The molecule has 0 aliphatic carbocycles. The number of Topliss-reactive ketones (excluding diaryl/α,β-unsaturated/α-hetero) is 1. The number of methoxy groups -OCH3 is 1. The number of rotatable bonds is 6. The van der Waals surface area contributed by atoms with E-state index in [1.165, 1.54) is 0 Å². The van der Waals surface area contributed by atoms with Crippen LogP contribution in [-0.2, 0) is 4.74 Å². The van der Waals surface area contributed by atoms with Gasteiger partial charge in [0.15, 0.2) is 5.78 Å². The van der Waals surface area contributed by atoms with E-state index in [0.29, 0.717) is 11.3 Å². The van der Waals surface area contributed by atoms with Crippen LogP contribution in [0.5, 0.6) is 5.75 Å². The van der Waals surface area contributed by atoms with E-state index in [4.69, 9.17) is 9.47 Å². The first-order chi connectivity index (χ1) is 8.47. The summed E-state index contributed by atoms with van der Waals surface area (Å²) in [6, 6.07) is 7.31. The Kier molecular flexibility index (Phi) is 5.35. The number of carbonyl (C=O) groups excluding carboxylic acids is 1. The van der Waals surface area contributed by atoms with E-state index >= 15 is 0 Å². The van der Waals surface area contributed by atoms with E-state index in [9.17, 15) is 4.79 Å². The summed E-state index contributed by atoms with van der Waals surface area (Å²) in [7, 11) is 1.56. The van der Waals surface area contributed by atoms with Gasteiger partial charge in [-0.05, 0) is 31.9 Å². The molecule has 0 aliphatic heterocycles. The van der Waals surface area contributed by atoms with Crippen molar-refractivity contribution < 1.29 is 14.3 Å². The van der Waals surface area contributed by atoms with Gasteiger partial charge in [-0.3, -0.25) is 4.79 Å². The minimum Gasteiger partial charge on any atom is -0.490 e. The number of benzene rings is 1. The first kappa shape index (κ1) is 14.7. The maximum absolute atomic E-state index is 12.4. The van der Waals surface area contributed by atoms with Gasteiger partial charge in [-0.25, -0.2) is 0 Å². The summed E-state index contributed by atoms with van der Waals surface area (Å²) in [4.78, 5) is 12.4. The topological polar surface area (TPSA) is 35.5 Å². The largest absolute Gasteiger partial charge is 0.490 e. The van der Waals surface area contributed by atoms with Gasteiger partial charge in [0.25, 0.3) is 0 Å². The molecule has 18 heavy (non-hydrogen) atoms. The molecule has 3 nitrogen and oxygen atoms in total. The zero-order chi connectivity index (χ0) is 13.7. The van der Waals surface area contributed by atoms with Crippen LogP contribution in [0.3, 0.4) is 0 Å². The van der Waals surface area contributed by atoms with Crippen molar-refractivity contribution in [2.24, 2.45) is 5.92 Å². The smallest absolute Gasteiger partial charge is 0.195 e. The molecule has 1 rings (SSSR count). The van der Waals surface area contributed by atoms with Gasteiger partial charge in [-0.15, -0.1) is 0 Å². The van der Waals surface area contributed by atoms with Crippen LogP contribution in [0.2, 0.25) is 0 Å². The van der Waals surface area contributed by atoms with Crippen LogP contribution >= 0.6 is 0 Å². The molecule has 0 heterocycles. The second kappa shape index (κ2) is 6.55. The normalized spacial score (nSPS) is 12.8. The summed E-state index contributed by atoms with van der Waals surface area (Å²) in [5.41, 5.74) is 0.590. The maximum Gasteiger partial charge on any atom is 0.195 e. The van der Waals surface area contributed by atoms with E-state index in [0.717, 1.165) is 0 Å². The van der Waals surface area contributed by atoms with Crippen LogP contribution < -0.4 is 4.74 Å². The Morgan fingerprint density at radius 3 is 2.22 bits per heavy atom. The van der Waals surface area contributed by atoms with Crippen molar-refractivity contribution in [3.05, 3.63) is 29.8 Å². The molecule has 0 fully saturated rings. The molecule has 0 spiro atoms. The van der Waals surface area contributed by atoms with E-state index in [1.54, 1.807) is 13.2 Å². The van der Waals surface area contributed by atoms with Crippen molar-refractivity contribution in [1.82, 2.24) is 0 Å². The second-order valence-corrected chi connectivity index (χ2v) is 4.93. The van der Waals surface area contributed by atoms with E-state index in [-0.39, 0.29) is 17.8 Å². The SMILES string of the molecule is COC(C(=O)c1ccccc1OC(C)C)C(C)C. The number of hydrogen-bond acceptors (Lipinski definition) is 3. The Hall–Kier alpha value is -1.35. The first-order valence-electron chi connectivity index (χ1n) is 6.30. The fourth-order valence-corrected chi connectivity index (χ4v) is 1.86. The molecule has 0 aliphatic rings. The Labute approximate surface area is 109 Å². The minimum atomic E-state index is -0.429. The molecule has 0 radical (unpaired) electrons. The van der Waals surface area contributed by atoms with E-state index < -0.39 is 6.10 Å². The highest BCUT2D eigenvalue weighted by molar-refractivity contribution is 6.02. The molecular weight excluding hydrogens is 228 g/mol. The molecular formula is C15H22O3. The highest BCUT2D eigenvalue weighted by atomic mass is 16.5. The highest BCUT2D eigenvalue weighted by Gasteiger charge is 2.25. The summed E-state index contributed by atoms with van der Waals surface area (Å²) < 4.78 is 10.9. The number of ketones is 1. The molecule has 0 aromatic heterocycles. The van der Waals surface area contributed by atoms with E-state index in [2.05, 4.69) is 0 Å². The van der Waals surface area contributed by atoms with Crippen LogP contribution in [0.15, 0.2) is 24.3 Å².